The summed E-state index contributed by atoms with van der Waals surface area (Å²) in [5.41, 5.74) is 1.01. The number of nitrogens with zero attached hydrogens (tertiary/aromatic N) is 3. The Morgan fingerprint density at radius 2 is 2.10 bits per heavy atom. The average Bonchev–Trinajstić information content (AvgIpc) is 3.10. The molecule has 2 aromatic heterocycles. The van der Waals surface area contributed by atoms with Crippen LogP contribution in [-0.2, 0) is 10.0 Å². The zero-order valence-electron chi connectivity index (χ0n) is 11.7. The number of sulfonamides is 1. The summed E-state index contributed by atoms with van der Waals surface area (Å²) in [5.74, 6) is 0.680. The Labute approximate surface area is 123 Å². The van der Waals surface area contributed by atoms with Crippen molar-refractivity contribution >= 4 is 21.5 Å². The van der Waals surface area contributed by atoms with Crippen molar-refractivity contribution in [2.75, 3.05) is 22.7 Å². The van der Waals surface area contributed by atoms with Crippen LogP contribution in [0.3, 0.4) is 0 Å². The molecule has 1 aliphatic rings. The van der Waals surface area contributed by atoms with Gasteiger partial charge in [0.25, 0.3) is 10.0 Å². The van der Waals surface area contributed by atoms with Crippen LogP contribution in [0.25, 0.3) is 0 Å². The number of nitrogens with one attached hydrogen (secondary N) is 2. The van der Waals surface area contributed by atoms with E-state index in [1.54, 1.807) is 25.3 Å². The van der Waals surface area contributed by atoms with Gasteiger partial charge in [-0.05, 0) is 31.9 Å². The molecular weight excluding hydrogens is 290 g/mol. The van der Waals surface area contributed by atoms with E-state index in [4.69, 9.17) is 0 Å². The quantitative estimate of drug-likeness (QED) is 0.893. The fourth-order valence-corrected chi connectivity index (χ4v) is 3.67. The van der Waals surface area contributed by atoms with E-state index in [9.17, 15) is 8.42 Å². The fourth-order valence-electron chi connectivity index (χ4n) is 2.47. The molecule has 2 N–H and O–H groups in total. The third kappa shape index (κ3) is 2.71. The molecule has 0 aliphatic carbocycles. The number of aryl methyl sites for hydroxylation is 1. The highest BCUT2D eigenvalue weighted by molar-refractivity contribution is 7.92. The van der Waals surface area contributed by atoms with E-state index in [-0.39, 0.29) is 4.90 Å². The summed E-state index contributed by atoms with van der Waals surface area (Å²) in [6.45, 7) is 3.47. The summed E-state index contributed by atoms with van der Waals surface area (Å²) >= 11 is 0. The van der Waals surface area contributed by atoms with Crippen LogP contribution in [0.2, 0.25) is 0 Å². The van der Waals surface area contributed by atoms with Crippen LogP contribution in [0.15, 0.2) is 29.4 Å². The molecule has 0 saturated carbocycles. The van der Waals surface area contributed by atoms with Crippen LogP contribution in [0.4, 0.5) is 11.5 Å². The number of rotatable bonds is 4. The summed E-state index contributed by atoms with van der Waals surface area (Å²) in [6.07, 6.45) is 5.19. The Morgan fingerprint density at radius 3 is 2.76 bits per heavy atom. The lowest BCUT2D eigenvalue weighted by atomic mass is 10.4. The monoisotopic (exact) mass is 307 g/mol. The fraction of sp³-hybridized carbons (Fsp3) is 0.385. The molecule has 3 heterocycles. The molecular formula is C13H17N5O2S. The zero-order valence-corrected chi connectivity index (χ0v) is 12.5. The molecule has 0 spiro atoms. The number of hydrogen-bond donors (Lipinski definition) is 2. The maximum Gasteiger partial charge on any atom is 0.265 e. The van der Waals surface area contributed by atoms with Crippen LogP contribution in [0, 0.1) is 6.92 Å². The van der Waals surface area contributed by atoms with Crippen molar-refractivity contribution in [3.05, 3.63) is 30.2 Å². The van der Waals surface area contributed by atoms with Crippen molar-refractivity contribution in [3.8, 4) is 0 Å². The predicted molar refractivity (Wildman–Crippen MR) is 79.8 cm³/mol. The summed E-state index contributed by atoms with van der Waals surface area (Å²) < 4.78 is 27.5. The first-order valence-corrected chi connectivity index (χ1v) is 8.29. The molecule has 1 saturated heterocycles. The molecule has 0 bridgehead atoms. The van der Waals surface area contributed by atoms with Gasteiger partial charge in [0.1, 0.15) is 4.90 Å². The number of hydrogen-bond acceptors (Lipinski definition) is 5. The van der Waals surface area contributed by atoms with Gasteiger partial charge in [0, 0.05) is 19.3 Å². The Kier molecular flexibility index (Phi) is 3.54. The van der Waals surface area contributed by atoms with E-state index >= 15 is 0 Å². The van der Waals surface area contributed by atoms with Gasteiger partial charge in [-0.1, -0.05) is 0 Å². The lowest BCUT2D eigenvalue weighted by Gasteiger charge is -2.20. The van der Waals surface area contributed by atoms with Gasteiger partial charge >= 0.3 is 0 Å². The number of H-pyrrole nitrogens is 1. The molecule has 2 aromatic rings. The largest absolute Gasteiger partial charge is 0.355 e. The number of anilines is 2. The first-order valence-electron chi connectivity index (χ1n) is 6.81. The van der Waals surface area contributed by atoms with E-state index < -0.39 is 10.0 Å². The van der Waals surface area contributed by atoms with Gasteiger partial charge in [0.05, 0.1) is 17.6 Å². The third-order valence-electron chi connectivity index (χ3n) is 3.51. The molecule has 7 nitrogen and oxygen atoms in total. The summed E-state index contributed by atoms with van der Waals surface area (Å²) in [7, 11) is -3.66. The second-order valence-corrected chi connectivity index (χ2v) is 6.68. The number of aromatic amines is 1. The Morgan fingerprint density at radius 1 is 1.33 bits per heavy atom. The summed E-state index contributed by atoms with van der Waals surface area (Å²) in [4.78, 5) is 6.57. The van der Waals surface area contributed by atoms with E-state index in [0.29, 0.717) is 17.2 Å². The molecule has 0 unspecified atom stereocenters. The Hall–Kier alpha value is -2.09. The molecule has 0 atom stereocenters. The van der Waals surface area contributed by atoms with E-state index in [0.717, 1.165) is 25.9 Å². The Balaban J connectivity index is 1.93. The normalized spacial score (nSPS) is 15.4. The topological polar surface area (TPSA) is 91.0 Å². The molecule has 3 rings (SSSR count). The summed E-state index contributed by atoms with van der Waals surface area (Å²) in [6, 6.07) is 3.45. The highest BCUT2D eigenvalue weighted by Crippen LogP contribution is 2.28. The molecule has 112 valence electrons. The molecule has 1 fully saturated rings. The zero-order chi connectivity index (χ0) is 14.9. The lowest BCUT2D eigenvalue weighted by molar-refractivity contribution is 0.600. The molecule has 1 aliphatic heterocycles. The van der Waals surface area contributed by atoms with Crippen molar-refractivity contribution < 1.29 is 8.42 Å². The number of aromatic nitrogens is 3. The number of pyridine rings is 1. The molecule has 0 amide bonds. The maximum atomic E-state index is 12.4. The van der Waals surface area contributed by atoms with Crippen molar-refractivity contribution in [1.29, 1.82) is 0 Å². The van der Waals surface area contributed by atoms with Crippen LogP contribution in [-0.4, -0.2) is 36.7 Å². The van der Waals surface area contributed by atoms with E-state index in [1.807, 2.05) is 0 Å². The van der Waals surface area contributed by atoms with Crippen molar-refractivity contribution in [1.82, 2.24) is 15.2 Å². The molecule has 8 heteroatoms. The van der Waals surface area contributed by atoms with Crippen LogP contribution >= 0.6 is 0 Å². The smallest absolute Gasteiger partial charge is 0.265 e. The van der Waals surface area contributed by atoms with Crippen molar-refractivity contribution in [2.45, 2.75) is 24.7 Å². The molecule has 21 heavy (non-hydrogen) atoms. The first-order chi connectivity index (χ1) is 10.1. The highest BCUT2D eigenvalue weighted by atomic mass is 32.2. The van der Waals surface area contributed by atoms with Crippen LogP contribution in [0.1, 0.15) is 18.5 Å². The van der Waals surface area contributed by atoms with Crippen molar-refractivity contribution in [3.63, 3.8) is 0 Å². The van der Waals surface area contributed by atoms with Crippen LogP contribution in [0.5, 0.6) is 0 Å². The highest BCUT2D eigenvalue weighted by Gasteiger charge is 2.23. The van der Waals surface area contributed by atoms with Crippen LogP contribution < -0.4 is 9.62 Å². The van der Waals surface area contributed by atoms with Gasteiger partial charge < -0.3 is 4.90 Å². The minimum atomic E-state index is -3.66. The first kappa shape index (κ1) is 13.9. The second-order valence-electron chi connectivity index (χ2n) is 5.03. The maximum absolute atomic E-state index is 12.4. The van der Waals surface area contributed by atoms with Gasteiger partial charge in [-0.3, -0.25) is 9.82 Å². The average molecular weight is 307 g/mol. The van der Waals surface area contributed by atoms with Gasteiger partial charge in [-0.25, -0.2) is 13.4 Å². The van der Waals surface area contributed by atoms with Crippen molar-refractivity contribution in [2.24, 2.45) is 0 Å². The predicted octanol–water partition coefficient (Wildman–Crippen LogP) is 1.51. The molecule has 0 radical (unpaired) electrons. The minimum absolute atomic E-state index is 0.152. The summed E-state index contributed by atoms with van der Waals surface area (Å²) in [5, 5.41) is 6.39. The van der Waals surface area contributed by atoms with Gasteiger partial charge in [-0.2, -0.15) is 5.10 Å². The lowest BCUT2D eigenvalue weighted by Crippen LogP contribution is -2.22. The standard InChI is InChI=1S/C13H17N5O2S/c1-10-12(9-15-16-10)21(19,20)17-11-5-4-6-14-13(11)18-7-2-3-8-18/h4-6,9,17H,2-3,7-8H2,1H3,(H,15,16). The Bertz CT molecular complexity index is 735. The van der Waals surface area contributed by atoms with Gasteiger partial charge in [0.2, 0.25) is 0 Å². The van der Waals surface area contributed by atoms with E-state index in [2.05, 4.69) is 24.8 Å². The minimum Gasteiger partial charge on any atom is -0.355 e. The van der Waals surface area contributed by atoms with E-state index in [1.165, 1.54) is 6.20 Å². The third-order valence-corrected chi connectivity index (χ3v) is 4.99. The second kappa shape index (κ2) is 5.36. The SMILES string of the molecule is Cc1[nH]ncc1S(=O)(=O)Nc1cccnc1N1CCCC1. The van der Waals surface area contributed by atoms with Gasteiger partial charge in [0.15, 0.2) is 5.82 Å². The van der Waals surface area contributed by atoms with Gasteiger partial charge in [-0.15, -0.1) is 0 Å². The molecule has 0 aromatic carbocycles.